The molecule has 1 aromatic rings. The molecule has 2 N–H and O–H groups in total. The molecule has 1 aromatic carbocycles. The lowest BCUT2D eigenvalue weighted by atomic mass is 10.1. The van der Waals surface area contributed by atoms with Crippen molar-refractivity contribution in [3.8, 4) is 0 Å². The summed E-state index contributed by atoms with van der Waals surface area (Å²) < 4.78 is 46.4. The molecule has 1 fully saturated rings. The van der Waals surface area contributed by atoms with Crippen molar-refractivity contribution in [2.45, 2.75) is 45.3 Å². The SMILES string of the molecule is CC(C)Nc1cccc(F)c1NS(=O)(=O)C[C@H]1CCCCO1. The van der Waals surface area contributed by atoms with Gasteiger partial charge in [-0.05, 0) is 45.2 Å². The Labute approximate surface area is 131 Å². The van der Waals surface area contributed by atoms with Crippen molar-refractivity contribution < 1.29 is 17.5 Å². The third kappa shape index (κ3) is 4.84. The van der Waals surface area contributed by atoms with Gasteiger partial charge in [0.2, 0.25) is 10.0 Å². The van der Waals surface area contributed by atoms with E-state index < -0.39 is 15.8 Å². The molecular formula is C15H23FN2O3S. The fourth-order valence-corrected chi connectivity index (χ4v) is 3.79. The van der Waals surface area contributed by atoms with Crippen molar-refractivity contribution in [2.24, 2.45) is 0 Å². The van der Waals surface area contributed by atoms with E-state index >= 15 is 0 Å². The normalized spacial score (nSPS) is 19.2. The minimum absolute atomic E-state index is 0.0352. The van der Waals surface area contributed by atoms with Crippen molar-refractivity contribution in [2.75, 3.05) is 22.4 Å². The molecule has 0 saturated carbocycles. The highest BCUT2D eigenvalue weighted by molar-refractivity contribution is 7.92. The van der Waals surface area contributed by atoms with Crippen molar-refractivity contribution in [1.29, 1.82) is 0 Å². The number of halogens is 1. The molecule has 0 radical (unpaired) electrons. The predicted molar refractivity (Wildman–Crippen MR) is 86.2 cm³/mol. The predicted octanol–water partition coefficient (Wildman–Crippen LogP) is 2.96. The summed E-state index contributed by atoms with van der Waals surface area (Å²) in [5, 5.41) is 3.04. The van der Waals surface area contributed by atoms with Crippen LogP contribution in [0.2, 0.25) is 0 Å². The maximum atomic E-state index is 14.0. The Balaban J connectivity index is 2.14. The molecule has 2 rings (SSSR count). The Morgan fingerprint density at radius 1 is 1.36 bits per heavy atom. The first kappa shape index (κ1) is 17.0. The topological polar surface area (TPSA) is 67.4 Å². The summed E-state index contributed by atoms with van der Waals surface area (Å²) in [4.78, 5) is 0. The summed E-state index contributed by atoms with van der Waals surface area (Å²) in [7, 11) is -3.67. The van der Waals surface area contributed by atoms with E-state index in [0.717, 1.165) is 19.3 Å². The van der Waals surface area contributed by atoms with Gasteiger partial charge in [0.05, 0.1) is 17.5 Å². The molecule has 5 nitrogen and oxygen atoms in total. The molecule has 22 heavy (non-hydrogen) atoms. The zero-order valence-electron chi connectivity index (χ0n) is 12.9. The standard InChI is InChI=1S/C15H23FN2O3S/c1-11(2)17-14-8-5-7-13(16)15(14)18-22(19,20)10-12-6-3-4-9-21-12/h5,7-8,11-12,17-18H,3-4,6,9-10H2,1-2H3/t12-/m1/s1. The van der Waals surface area contributed by atoms with Crippen LogP contribution in [0.5, 0.6) is 0 Å². The Morgan fingerprint density at radius 2 is 2.14 bits per heavy atom. The van der Waals surface area contributed by atoms with E-state index in [0.29, 0.717) is 12.3 Å². The van der Waals surface area contributed by atoms with Crippen molar-refractivity contribution >= 4 is 21.4 Å². The first-order valence-corrected chi connectivity index (χ1v) is 9.20. The molecule has 1 aliphatic heterocycles. The molecule has 1 heterocycles. The zero-order valence-corrected chi connectivity index (χ0v) is 13.7. The minimum Gasteiger partial charge on any atom is -0.381 e. The fraction of sp³-hybridized carbons (Fsp3) is 0.600. The molecule has 0 spiro atoms. The second-order valence-corrected chi connectivity index (χ2v) is 7.60. The average Bonchev–Trinajstić information content (AvgIpc) is 2.43. The fourth-order valence-electron chi connectivity index (χ4n) is 2.44. The zero-order chi connectivity index (χ0) is 16.2. The van der Waals surface area contributed by atoms with Crippen LogP contribution in [0.15, 0.2) is 18.2 Å². The highest BCUT2D eigenvalue weighted by Crippen LogP contribution is 2.27. The van der Waals surface area contributed by atoms with Gasteiger partial charge in [-0.2, -0.15) is 0 Å². The second kappa shape index (κ2) is 7.28. The summed E-state index contributed by atoms with van der Waals surface area (Å²) in [5.41, 5.74) is 0.398. The lowest BCUT2D eigenvalue weighted by molar-refractivity contribution is 0.0306. The highest BCUT2D eigenvalue weighted by Gasteiger charge is 2.24. The first-order valence-electron chi connectivity index (χ1n) is 7.54. The number of anilines is 2. The van der Waals surface area contributed by atoms with Crippen LogP contribution in [-0.2, 0) is 14.8 Å². The third-order valence-corrected chi connectivity index (χ3v) is 4.72. The van der Waals surface area contributed by atoms with Crippen LogP contribution in [0.1, 0.15) is 33.1 Å². The van der Waals surface area contributed by atoms with Crippen LogP contribution >= 0.6 is 0 Å². The van der Waals surface area contributed by atoms with E-state index in [9.17, 15) is 12.8 Å². The van der Waals surface area contributed by atoms with Gasteiger partial charge in [0.15, 0.2) is 0 Å². The lowest BCUT2D eigenvalue weighted by Crippen LogP contribution is -2.31. The van der Waals surface area contributed by atoms with Crippen LogP contribution in [0.4, 0.5) is 15.8 Å². The minimum atomic E-state index is -3.67. The molecule has 0 aliphatic carbocycles. The molecule has 1 atom stereocenters. The van der Waals surface area contributed by atoms with E-state index in [4.69, 9.17) is 4.74 Å². The van der Waals surface area contributed by atoms with Gasteiger partial charge in [0.1, 0.15) is 11.5 Å². The van der Waals surface area contributed by atoms with Gasteiger partial charge in [-0.1, -0.05) is 6.07 Å². The van der Waals surface area contributed by atoms with E-state index in [1.54, 1.807) is 12.1 Å². The number of rotatable bonds is 6. The quantitative estimate of drug-likeness (QED) is 0.841. The highest BCUT2D eigenvalue weighted by atomic mass is 32.2. The monoisotopic (exact) mass is 330 g/mol. The van der Waals surface area contributed by atoms with Crippen LogP contribution < -0.4 is 10.0 Å². The molecule has 0 unspecified atom stereocenters. The Kier molecular flexibility index (Phi) is 5.63. The Bertz CT molecular complexity index is 599. The summed E-state index contributed by atoms with van der Waals surface area (Å²) >= 11 is 0. The largest absolute Gasteiger partial charge is 0.381 e. The number of para-hydroxylation sites is 1. The maximum Gasteiger partial charge on any atom is 0.235 e. The second-order valence-electron chi connectivity index (χ2n) is 5.83. The Morgan fingerprint density at radius 3 is 2.77 bits per heavy atom. The Hall–Kier alpha value is -1.34. The van der Waals surface area contributed by atoms with Gasteiger partial charge in [-0.15, -0.1) is 0 Å². The van der Waals surface area contributed by atoms with Crippen molar-refractivity contribution in [3.05, 3.63) is 24.0 Å². The van der Waals surface area contributed by atoms with Crippen LogP contribution in [0.25, 0.3) is 0 Å². The van der Waals surface area contributed by atoms with E-state index in [-0.39, 0.29) is 23.6 Å². The van der Waals surface area contributed by atoms with Crippen LogP contribution in [0.3, 0.4) is 0 Å². The maximum absolute atomic E-state index is 14.0. The van der Waals surface area contributed by atoms with Gasteiger partial charge in [-0.3, -0.25) is 4.72 Å². The van der Waals surface area contributed by atoms with E-state index in [1.165, 1.54) is 6.07 Å². The molecule has 7 heteroatoms. The summed E-state index contributed by atoms with van der Waals surface area (Å²) in [6.45, 7) is 4.39. The lowest BCUT2D eigenvalue weighted by Gasteiger charge is -2.23. The summed E-state index contributed by atoms with van der Waals surface area (Å²) in [5.74, 6) is -0.749. The number of hydrogen-bond donors (Lipinski definition) is 2. The van der Waals surface area contributed by atoms with Gasteiger partial charge < -0.3 is 10.1 Å². The number of hydrogen-bond acceptors (Lipinski definition) is 4. The summed E-state index contributed by atoms with van der Waals surface area (Å²) in [6, 6.07) is 4.49. The van der Waals surface area contributed by atoms with E-state index in [2.05, 4.69) is 10.0 Å². The van der Waals surface area contributed by atoms with Crippen molar-refractivity contribution in [3.63, 3.8) is 0 Å². The van der Waals surface area contributed by atoms with E-state index in [1.807, 2.05) is 13.8 Å². The smallest absolute Gasteiger partial charge is 0.235 e. The third-order valence-electron chi connectivity index (χ3n) is 3.39. The number of sulfonamides is 1. The average molecular weight is 330 g/mol. The van der Waals surface area contributed by atoms with Gasteiger partial charge in [0, 0.05) is 12.6 Å². The number of benzene rings is 1. The van der Waals surface area contributed by atoms with Crippen LogP contribution in [-0.4, -0.2) is 32.9 Å². The van der Waals surface area contributed by atoms with Crippen LogP contribution in [0, 0.1) is 5.82 Å². The number of ether oxygens (including phenoxy) is 1. The first-order chi connectivity index (χ1) is 10.4. The molecule has 1 aliphatic rings. The number of nitrogens with one attached hydrogen (secondary N) is 2. The molecule has 0 aromatic heterocycles. The molecule has 1 saturated heterocycles. The van der Waals surface area contributed by atoms with Gasteiger partial charge >= 0.3 is 0 Å². The molecule has 124 valence electrons. The molecule has 0 amide bonds. The van der Waals surface area contributed by atoms with Gasteiger partial charge in [-0.25, -0.2) is 12.8 Å². The van der Waals surface area contributed by atoms with Crippen molar-refractivity contribution in [1.82, 2.24) is 0 Å². The molecular weight excluding hydrogens is 307 g/mol. The molecule has 0 bridgehead atoms. The van der Waals surface area contributed by atoms with Gasteiger partial charge in [0.25, 0.3) is 0 Å². The summed E-state index contributed by atoms with van der Waals surface area (Å²) in [6.07, 6.45) is 2.31.